The number of benzene rings is 1. The molecule has 2 aliphatic heterocycles. The van der Waals surface area contributed by atoms with Crippen molar-refractivity contribution in [3.8, 4) is 11.5 Å². The molecule has 0 radical (unpaired) electrons. The van der Waals surface area contributed by atoms with Crippen LogP contribution in [0.1, 0.15) is 0 Å². The summed E-state index contributed by atoms with van der Waals surface area (Å²) >= 11 is 0. The molecule has 2 fully saturated rings. The third kappa shape index (κ3) is 4.62. The van der Waals surface area contributed by atoms with Crippen LogP contribution in [0.3, 0.4) is 0 Å². The predicted molar refractivity (Wildman–Crippen MR) is 123 cm³/mol. The average Bonchev–Trinajstić information content (AvgIpc) is 2.88. The number of nitrogens with one attached hydrogen (secondary N) is 1. The number of methoxy groups -OCH3 is 1. The number of piperazine rings is 1. The first-order valence-corrected chi connectivity index (χ1v) is 11.1. The molecule has 2 aliphatic rings. The summed E-state index contributed by atoms with van der Waals surface area (Å²) in [4.78, 5) is 18.4. The lowest BCUT2D eigenvalue weighted by molar-refractivity contribution is 0.122. The van der Waals surface area contributed by atoms with Crippen molar-refractivity contribution in [3.63, 3.8) is 0 Å². The molecular formula is C23H27FN6O3. The lowest BCUT2D eigenvalue weighted by Crippen LogP contribution is -2.53. The SMILES string of the molecule is COc1cncc2nc(N3CCOCC3)nc(N3CCNC(COc4ccccc4F)C3)c12. The number of para-hydroxylation sites is 1. The number of morpholine rings is 1. The number of anilines is 2. The standard InChI is InChI=1S/C23H27FN6O3/c1-31-20-13-25-12-18-21(20)22(28-23(27-18)29-8-10-32-11-9-29)30-7-6-26-16(14-30)15-33-19-5-3-2-4-17(19)24/h2-5,12-13,16,26H,6-11,14-15H2,1H3. The minimum absolute atomic E-state index is 0.00282. The first-order valence-electron chi connectivity index (χ1n) is 11.1. The summed E-state index contributed by atoms with van der Waals surface area (Å²) in [7, 11) is 1.62. The number of fused-ring (bicyclic) bond motifs is 1. The van der Waals surface area contributed by atoms with E-state index in [0.29, 0.717) is 38.1 Å². The van der Waals surface area contributed by atoms with Gasteiger partial charge in [0.1, 0.15) is 23.7 Å². The van der Waals surface area contributed by atoms with Gasteiger partial charge in [-0.25, -0.2) is 9.37 Å². The summed E-state index contributed by atoms with van der Waals surface area (Å²) in [5, 5.41) is 4.29. The van der Waals surface area contributed by atoms with Gasteiger partial charge in [-0.05, 0) is 12.1 Å². The fourth-order valence-corrected chi connectivity index (χ4v) is 4.19. The highest BCUT2D eigenvalue weighted by molar-refractivity contribution is 5.95. The summed E-state index contributed by atoms with van der Waals surface area (Å²) in [6.45, 7) is 5.27. The van der Waals surface area contributed by atoms with Gasteiger partial charge < -0.3 is 29.3 Å². The van der Waals surface area contributed by atoms with E-state index in [1.165, 1.54) is 6.07 Å². The lowest BCUT2D eigenvalue weighted by atomic mass is 10.2. The maximum absolute atomic E-state index is 14.0. The van der Waals surface area contributed by atoms with Crippen molar-refractivity contribution in [2.75, 3.05) is 69.5 Å². The van der Waals surface area contributed by atoms with Gasteiger partial charge in [0.2, 0.25) is 5.95 Å². The van der Waals surface area contributed by atoms with Gasteiger partial charge in [0, 0.05) is 32.7 Å². The number of halogens is 1. The fourth-order valence-electron chi connectivity index (χ4n) is 4.19. The molecule has 0 spiro atoms. The summed E-state index contributed by atoms with van der Waals surface area (Å²) in [6, 6.07) is 6.45. The van der Waals surface area contributed by atoms with Crippen molar-refractivity contribution >= 4 is 22.7 Å². The van der Waals surface area contributed by atoms with Gasteiger partial charge in [-0.2, -0.15) is 4.98 Å². The van der Waals surface area contributed by atoms with Gasteiger partial charge in [0.15, 0.2) is 11.6 Å². The van der Waals surface area contributed by atoms with E-state index < -0.39 is 0 Å². The number of hydrogen-bond donors (Lipinski definition) is 1. The van der Waals surface area contributed by atoms with Crippen LogP contribution >= 0.6 is 0 Å². The predicted octanol–water partition coefficient (Wildman–Crippen LogP) is 1.87. The van der Waals surface area contributed by atoms with E-state index >= 15 is 0 Å². The van der Waals surface area contributed by atoms with Crippen LogP contribution in [0.15, 0.2) is 36.7 Å². The van der Waals surface area contributed by atoms with Crippen LogP contribution in [0, 0.1) is 5.82 Å². The molecule has 1 N–H and O–H groups in total. The van der Waals surface area contributed by atoms with Crippen molar-refractivity contribution in [1.82, 2.24) is 20.3 Å². The van der Waals surface area contributed by atoms with Gasteiger partial charge in [-0.1, -0.05) is 12.1 Å². The van der Waals surface area contributed by atoms with Gasteiger partial charge in [-0.3, -0.25) is 4.98 Å². The summed E-state index contributed by atoms with van der Waals surface area (Å²) in [5.74, 6) is 1.99. The van der Waals surface area contributed by atoms with E-state index in [2.05, 4.69) is 20.1 Å². The second kappa shape index (κ2) is 9.72. The van der Waals surface area contributed by atoms with Gasteiger partial charge in [0.25, 0.3) is 0 Å². The molecule has 0 bridgehead atoms. The maximum atomic E-state index is 14.0. The van der Waals surface area contributed by atoms with E-state index in [-0.39, 0.29) is 17.6 Å². The molecule has 1 atom stereocenters. The van der Waals surface area contributed by atoms with Crippen LogP contribution in [0.2, 0.25) is 0 Å². The number of pyridine rings is 1. The molecule has 5 rings (SSSR count). The van der Waals surface area contributed by atoms with Gasteiger partial charge in [-0.15, -0.1) is 0 Å². The molecule has 174 valence electrons. The Morgan fingerprint density at radius 3 is 2.76 bits per heavy atom. The molecule has 3 aromatic rings. The topological polar surface area (TPSA) is 84.9 Å². The highest BCUT2D eigenvalue weighted by Gasteiger charge is 2.26. The number of nitrogens with zero attached hydrogens (tertiary/aromatic N) is 5. The summed E-state index contributed by atoms with van der Waals surface area (Å²) in [6.07, 6.45) is 3.43. The van der Waals surface area contributed by atoms with Gasteiger partial charge in [0.05, 0.1) is 44.1 Å². The van der Waals surface area contributed by atoms with Crippen LogP contribution in [-0.4, -0.2) is 80.6 Å². The van der Waals surface area contributed by atoms with E-state index in [9.17, 15) is 4.39 Å². The third-order valence-corrected chi connectivity index (χ3v) is 5.89. The molecule has 0 aliphatic carbocycles. The molecule has 4 heterocycles. The van der Waals surface area contributed by atoms with Crippen LogP contribution < -0.4 is 24.6 Å². The second-order valence-corrected chi connectivity index (χ2v) is 8.02. The third-order valence-electron chi connectivity index (χ3n) is 5.89. The average molecular weight is 455 g/mol. The van der Waals surface area contributed by atoms with E-state index in [4.69, 9.17) is 24.2 Å². The highest BCUT2D eigenvalue weighted by Crippen LogP contribution is 2.34. The zero-order valence-corrected chi connectivity index (χ0v) is 18.5. The van der Waals surface area contributed by atoms with Crippen molar-refractivity contribution in [2.24, 2.45) is 0 Å². The monoisotopic (exact) mass is 454 g/mol. The molecular weight excluding hydrogens is 427 g/mol. The molecule has 0 saturated carbocycles. The molecule has 9 nitrogen and oxygen atoms in total. The fraction of sp³-hybridized carbons (Fsp3) is 0.435. The molecule has 2 aromatic heterocycles. The van der Waals surface area contributed by atoms with Crippen LogP contribution in [0.5, 0.6) is 11.5 Å². The molecule has 10 heteroatoms. The minimum Gasteiger partial charge on any atom is -0.494 e. The molecule has 2 saturated heterocycles. The minimum atomic E-state index is -0.362. The Kier molecular flexibility index (Phi) is 6.36. The van der Waals surface area contributed by atoms with Crippen molar-refractivity contribution in [2.45, 2.75) is 6.04 Å². The number of hydrogen-bond acceptors (Lipinski definition) is 9. The van der Waals surface area contributed by atoms with Crippen molar-refractivity contribution < 1.29 is 18.6 Å². The molecule has 1 aromatic carbocycles. The molecule has 0 amide bonds. The maximum Gasteiger partial charge on any atom is 0.228 e. The Morgan fingerprint density at radius 1 is 1.09 bits per heavy atom. The lowest BCUT2D eigenvalue weighted by Gasteiger charge is -2.35. The number of ether oxygens (including phenoxy) is 3. The number of rotatable bonds is 6. The normalized spacial score (nSPS) is 19.0. The Hall–Kier alpha value is -3.24. The number of aromatic nitrogens is 3. The Bertz CT molecular complexity index is 1110. The van der Waals surface area contributed by atoms with Crippen molar-refractivity contribution in [3.05, 3.63) is 42.5 Å². The van der Waals surface area contributed by atoms with E-state index in [0.717, 1.165) is 42.9 Å². The summed E-state index contributed by atoms with van der Waals surface area (Å²) < 4.78 is 30.8. The first-order chi connectivity index (χ1) is 16.2. The smallest absolute Gasteiger partial charge is 0.228 e. The zero-order valence-electron chi connectivity index (χ0n) is 18.5. The van der Waals surface area contributed by atoms with Crippen LogP contribution in [0.25, 0.3) is 10.9 Å². The van der Waals surface area contributed by atoms with Crippen LogP contribution in [-0.2, 0) is 4.74 Å². The Labute approximate surface area is 191 Å². The largest absolute Gasteiger partial charge is 0.494 e. The summed E-state index contributed by atoms with van der Waals surface area (Å²) in [5.41, 5.74) is 0.735. The molecule has 1 unspecified atom stereocenters. The van der Waals surface area contributed by atoms with E-state index in [1.54, 1.807) is 37.7 Å². The first kappa shape index (κ1) is 21.6. The quantitative estimate of drug-likeness (QED) is 0.600. The van der Waals surface area contributed by atoms with Crippen LogP contribution in [0.4, 0.5) is 16.2 Å². The zero-order chi connectivity index (χ0) is 22.6. The Balaban J connectivity index is 1.43. The second-order valence-electron chi connectivity index (χ2n) is 8.02. The highest BCUT2D eigenvalue weighted by atomic mass is 19.1. The van der Waals surface area contributed by atoms with E-state index in [1.807, 2.05) is 0 Å². The Morgan fingerprint density at radius 2 is 1.94 bits per heavy atom. The van der Waals surface area contributed by atoms with Gasteiger partial charge >= 0.3 is 0 Å². The van der Waals surface area contributed by atoms with Crippen molar-refractivity contribution in [1.29, 1.82) is 0 Å². The molecule has 33 heavy (non-hydrogen) atoms.